The molecule has 1 rings (SSSR count). The molecule has 2 N–H and O–H groups in total. The summed E-state index contributed by atoms with van der Waals surface area (Å²) < 4.78 is 5.21. The SMILES string of the molecule is CC(C)OCC(=O)NC1CCCNC1. The molecule has 1 heterocycles. The first-order valence-corrected chi connectivity index (χ1v) is 5.30. The van der Waals surface area contributed by atoms with Gasteiger partial charge in [0.2, 0.25) is 5.91 Å². The van der Waals surface area contributed by atoms with Crippen LogP contribution in [-0.2, 0) is 9.53 Å². The van der Waals surface area contributed by atoms with Gasteiger partial charge >= 0.3 is 0 Å². The monoisotopic (exact) mass is 200 g/mol. The number of amides is 1. The first-order chi connectivity index (χ1) is 6.68. The third kappa shape index (κ3) is 4.58. The summed E-state index contributed by atoms with van der Waals surface area (Å²) in [7, 11) is 0. The molecular weight excluding hydrogens is 180 g/mol. The Balaban J connectivity index is 2.12. The number of ether oxygens (including phenoxy) is 1. The molecule has 0 spiro atoms. The zero-order valence-electron chi connectivity index (χ0n) is 9.01. The van der Waals surface area contributed by atoms with E-state index in [1.165, 1.54) is 0 Å². The van der Waals surface area contributed by atoms with Gasteiger partial charge in [0.15, 0.2) is 0 Å². The Morgan fingerprint density at radius 3 is 3.00 bits per heavy atom. The van der Waals surface area contributed by atoms with Gasteiger partial charge in [-0.1, -0.05) is 0 Å². The predicted molar refractivity (Wildman–Crippen MR) is 55.1 cm³/mol. The van der Waals surface area contributed by atoms with Crippen molar-refractivity contribution in [3.05, 3.63) is 0 Å². The van der Waals surface area contributed by atoms with Gasteiger partial charge in [0.05, 0.1) is 6.10 Å². The topological polar surface area (TPSA) is 50.4 Å². The van der Waals surface area contributed by atoms with E-state index in [0.29, 0.717) is 0 Å². The highest BCUT2D eigenvalue weighted by Gasteiger charge is 2.15. The third-order valence-corrected chi connectivity index (χ3v) is 2.21. The Hall–Kier alpha value is -0.610. The number of carbonyl (C=O) groups excluding carboxylic acids is 1. The second-order valence-corrected chi connectivity index (χ2v) is 3.97. The largest absolute Gasteiger partial charge is 0.369 e. The Bertz CT molecular complexity index is 177. The summed E-state index contributed by atoms with van der Waals surface area (Å²) >= 11 is 0. The molecule has 1 saturated heterocycles. The molecule has 1 fully saturated rings. The normalized spacial score (nSPS) is 22.4. The van der Waals surface area contributed by atoms with Crippen molar-refractivity contribution in [2.45, 2.75) is 38.8 Å². The number of hydrogen-bond acceptors (Lipinski definition) is 3. The van der Waals surface area contributed by atoms with E-state index in [9.17, 15) is 4.79 Å². The Morgan fingerprint density at radius 2 is 2.43 bits per heavy atom. The van der Waals surface area contributed by atoms with Gasteiger partial charge in [-0.2, -0.15) is 0 Å². The minimum absolute atomic E-state index is 0.00704. The number of hydrogen-bond donors (Lipinski definition) is 2. The molecule has 4 heteroatoms. The van der Waals surface area contributed by atoms with Gasteiger partial charge in [0.1, 0.15) is 6.61 Å². The van der Waals surface area contributed by atoms with Crippen LogP contribution in [0.25, 0.3) is 0 Å². The van der Waals surface area contributed by atoms with Crippen molar-refractivity contribution in [3.8, 4) is 0 Å². The maximum Gasteiger partial charge on any atom is 0.246 e. The van der Waals surface area contributed by atoms with Crippen LogP contribution in [0.5, 0.6) is 0 Å². The molecule has 1 unspecified atom stereocenters. The van der Waals surface area contributed by atoms with Crippen LogP contribution < -0.4 is 10.6 Å². The van der Waals surface area contributed by atoms with Crippen molar-refractivity contribution >= 4 is 5.91 Å². The fourth-order valence-electron chi connectivity index (χ4n) is 1.49. The van der Waals surface area contributed by atoms with E-state index in [1.807, 2.05) is 13.8 Å². The van der Waals surface area contributed by atoms with Crippen LogP contribution in [0.2, 0.25) is 0 Å². The first-order valence-electron chi connectivity index (χ1n) is 5.30. The van der Waals surface area contributed by atoms with E-state index in [0.717, 1.165) is 25.9 Å². The summed E-state index contributed by atoms with van der Waals surface area (Å²) in [4.78, 5) is 11.4. The van der Waals surface area contributed by atoms with Gasteiger partial charge in [-0.05, 0) is 33.2 Å². The fraction of sp³-hybridized carbons (Fsp3) is 0.900. The highest BCUT2D eigenvalue weighted by molar-refractivity contribution is 5.77. The molecule has 82 valence electrons. The zero-order valence-corrected chi connectivity index (χ0v) is 9.01. The van der Waals surface area contributed by atoms with Crippen molar-refractivity contribution < 1.29 is 9.53 Å². The van der Waals surface area contributed by atoms with Crippen molar-refractivity contribution in [2.75, 3.05) is 19.7 Å². The molecule has 0 bridgehead atoms. The maximum absolute atomic E-state index is 11.4. The van der Waals surface area contributed by atoms with E-state index in [2.05, 4.69) is 10.6 Å². The summed E-state index contributed by atoms with van der Waals surface area (Å²) in [5.74, 6) is -0.00704. The molecule has 0 aliphatic carbocycles. The zero-order chi connectivity index (χ0) is 10.4. The third-order valence-electron chi connectivity index (χ3n) is 2.21. The van der Waals surface area contributed by atoms with Crippen molar-refractivity contribution in [1.82, 2.24) is 10.6 Å². The number of nitrogens with one attached hydrogen (secondary N) is 2. The summed E-state index contributed by atoms with van der Waals surface area (Å²) in [6, 6.07) is 0.284. The standard InChI is InChI=1S/C10H20N2O2/c1-8(2)14-7-10(13)12-9-4-3-5-11-6-9/h8-9,11H,3-7H2,1-2H3,(H,12,13). The van der Waals surface area contributed by atoms with E-state index < -0.39 is 0 Å². The molecule has 0 aromatic rings. The lowest BCUT2D eigenvalue weighted by Gasteiger charge is -2.23. The maximum atomic E-state index is 11.4. The molecule has 1 aliphatic heterocycles. The molecule has 0 radical (unpaired) electrons. The summed E-state index contributed by atoms with van der Waals surface area (Å²) in [6.07, 6.45) is 2.32. The minimum atomic E-state index is -0.00704. The van der Waals surface area contributed by atoms with Gasteiger partial charge < -0.3 is 15.4 Å². The Labute approximate surface area is 85.4 Å². The Kier molecular flexibility index (Phi) is 4.90. The van der Waals surface area contributed by atoms with E-state index in [-0.39, 0.29) is 24.7 Å². The van der Waals surface area contributed by atoms with Crippen LogP contribution in [0.4, 0.5) is 0 Å². The second-order valence-electron chi connectivity index (χ2n) is 3.97. The molecule has 4 nitrogen and oxygen atoms in total. The molecular formula is C10H20N2O2. The van der Waals surface area contributed by atoms with Gasteiger partial charge in [-0.25, -0.2) is 0 Å². The smallest absolute Gasteiger partial charge is 0.246 e. The van der Waals surface area contributed by atoms with Crippen molar-refractivity contribution in [2.24, 2.45) is 0 Å². The van der Waals surface area contributed by atoms with E-state index in [4.69, 9.17) is 4.74 Å². The van der Waals surface area contributed by atoms with Gasteiger partial charge in [-0.15, -0.1) is 0 Å². The van der Waals surface area contributed by atoms with Crippen LogP contribution in [0.15, 0.2) is 0 Å². The first kappa shape index (κ1) is 11.5. The number of rotatable bonds is 4. The van der Waals surface area contributed by atoms with Crippen LogP contribution in [0, 0.1) is 0 Å². The summed E-state index contributed by atoms with van der Waals surface area (Å²) in [6.45, 7) is 5.97. The van der Waals surface area contributed by atoms with Crippen LogP contribution in [0.1, 0.15) is 26.7 Å². The fourth-order valence-corrected chi connectivity index (χ4v) is 1.49. The molecule has 1 amide bonds. The highest BCUT2D eigenvalue weighted by Crippen LogP contribution is 2.00. The van der Waals surface area contributed by atoms with Gasteiger partial charge in [0, 0.05) is 12.6 Å². The van der Waals surface area contributed by atoms with Crippen molar-refractivity contribution in [1.29, 1.82) is 0 Å². The number of piperidine rings is 1. The highest BCUT2D eigenvalue weighted by atomic mass is 16.5. The lowest BCUT2D eigenvalue weighted by Crippen LogP contribution is -2.46. The molecule has 1 aliphatic rings. The summed E-state index contributed by atoms with van der Waals surface area (Å²) in [5.41, 5.74) is 0. The minimum Gasteiger partial charge on any atom is -0.369 e. The van der Waals surface area contributed by atoms with Crippen LogP contribution in [-0.4, -0.2) is 37.7 Å². The van der Waals surface area contributed by atoms with Crippen molar-refractivity contribution in [3.63, 3.8) is 0 Å². The molecule has 0 saturated carbocycles. The lowest BCUT2D eigenvalue weighted by molar-refractivity contribution is -0.127. The van der Waals surface area contributed by atoms with Gasteiger partial charge in [0.25, 0.3) is 0 Å². The second kappa shape index (κ2) is 5.98. The Morgan fingerprint density at radius 1 is 1.64 bits per heavy atom. The van der Waals surface area contributed by atoms with Crippen LogP contribution >= 0.6 is 0 Å². The molecule has 1 atom stereocenters. The predicted octanol–water partition coefficient (Wildman–Crippen LogP) is 0.280. The summed E-state index contributed by atoms with van der Waals surface area (Å²) in [5, 5.41) is 6.20. The van der Waals surface area contributed by atoms with Crippen LogP contribution in [0.3, 0.4) is 0 Å². The quantitative estimate of drug-likeness (QED) is 0.685. The van der Waals surface area contributed by atoms with E-state index >= 15 is 0 Å². The van der Waals surface area contributed by atoms with Gasteiger partial charge in [-0.3, -0.25) is 4.79 Å². The molecule has 14 heavy (non-hydrogen) atoms. The average molecular weight is 200 g/mol. The number of carbonyl (C=O) groups is 1. The molecule has 0 aromatic heterocycles. The van der Waals surface area contributed by atoms with E-state index in [1.54, 1.807) is 0 Å². The lowest BCUT2D eigenvalue weighted by atomic mass is 10.1. The average Bonchev–Trinajstić information content (AvgIpc) is 2.16. The molecule has 0 aromatic carbocycles.